The lowest BCUT2D eigenvalue weighted by Crippen LogP contribution is -2.43. The number of rotatable bonds is 12. The van der Waals surface area contributed by atoms with Crippen LogP contribution in [0.5, 0.6) is 11.5 Å². The van der Waals surface area contributed by atoms with Crippen LogP contribution in [-0.2, 0) is 35.6 Å². The first kappa shape index (κ1) is 27.3. The second kappa shape index (κ2) is 13.2. The van der Waals surface area contributed by atoms with Gasteiger partial charge in [0.1, 0.15) is 30.9 Å². The Bertz CT molecular complexity index is 1390. The summed E-state index contributed by atoms with van der Waals surface area (Å²) >= 11 is 0. The molecular weight excluding hydrogens is 504 g/mol. The fourth-order valence-corrected chi connectivity index (χ4v) is 3.96. The van der Waals surface area contributed by atoms with Gasteiger partial charge < -0.3 is 19.9 Å². The van der Waals surface area contributed by atoms with Crippen molar-refractivity contribution < 1.29 is 33.0 Å². The standard InChI is InChI=1S/C31H27F2NO5/c32-25-13-24(14-26(33)18-25)17-30(35)34-27(31(36)37)15-23-11-12-28(38-19-21-7-3-1-4-8-21)29(16-23)39-20-22-9-5-2-6-10-22/h1-14,16,18,27H,15,17,19-20H2,(H,34,35)(H,36,37)/t27-/m1/s1. The molecule has 0 radical (unpaired) electrons. The van der Waals surface area contributed by atoms with Crippen molar-refractivity contribution in [2.75, 3.05) is 0 Å². The number of nitrogens with one attached hydrogen (secondary N) is 1. The van der Waals surface area contributed by atoms with Crippen LogP contribution in [-0.4, -0.2) is 23.0 Å². The first-order chi connectivity index (χ1) is 18.9. The predicted octanol–water partition coefficient (Wildman–Crippen LogP) is 5.48. The Hall–Kier alpha value is -4.72. The lowest BCUT2D eigenvalue weighted by Gasteiger charge is -2.17. The van der Waals surface area contributed by atoms with Crippen LogP contribution in [0.4, 0.5) is 8.78 Å². The number of carboxylic acid groups (broad SMARTS) is 1. The zero-order valence-electron chi connectivity index (χ0n) is 21.0. The maximum Gasteiger partial charge on any atom is 0.326 e. The first-order valence-corrected chi connectivity index (χ1v) is 12.3. The Morgan fingerprint density at radius 1 is 0.692 bits per heavy atom. The van der Waals surface area contributed by atoms with Gasteiger partial charge in [0.2, 0.25) is 5.91 Å². The van der Waals surface area contributed by atoms with Gasteiger partial charge in [-0.25, -0.2) is 13.6 Å². The van der Waals surface area contributed by atoms with Crippen molar-refractivity contribution >= 4 is 11.9 Å². The van der Waals surface area contributed by atoms with Gasteiger partial charge in [0, 0.05) is 12.5 Å². The highest BCUT2D eigenvalue weighted by atomic mass is 19.1. The van der Waals surface area contributed by atoms with Gasteiger partial charge in [0.25, 0.3) is 0 Å². The molecular formula is C31H27F2NO5. The minimum Gasteiger partial charge on any atom is -0.485 e. The Balaban J connectivity index is 1.48. The lowest BCUT2D eigenvalue weighted by molar-refractivity contribution is -0.141. The van der Waals surface area contributed by atoms with E-state index in [1.165, 1.54) is 0 Å². The van der Waals surface area contributed by atoms with Gasteiger partial charge in [-0.2, -0.15) is 0 Å². The van der Waals surface area contributed by atoms with E-state index in [4.69, 9.17) is 9.47 Å². The smallest absolute Gasteiger partial charge is 0.326 e. The highest BCUT2D eigenvalue weighted by molar-refractivity contribution is 5.85. The van der Waals surface area contributed by atoms with E-state index in [1.807, 2.05) is 60.7 Å². The molecule has 2 N–H and O–H groups in total. The second-order valence-electron chi connectivity index (χ2n) is 8.95. The van der Waals surface area contributed by atoms with Gasteiger partial charge in [0.05, 0.1) is 6.42 Å². The third-order valence-corrected chi connectivity index (χ3v) is 5.84. The second-order valence-corrected chi connectivity index (χ2v) is 8.95. The molecule has 0 bridgehead atoms. The van der Waals surface area contributed by atoms with Crippen molar-refractivity contribution in [1.82, 2.24) is 5.32 Å². The number of halogens is 2. The highest BCUT2D eigenvalue weighted by Crippen LogP contribution is 2.30. The molecule has 4 aromatic rings. The molecule has 4 rings (SSSR count). The van der Waals surface area contributed by atoms with Crippen LogP contribution in [0.3, 0.4) is 0 Å². The van der Waals surface area contributed by atoms with E-state index >= 15 is 0 Å². The number of aliphatic carboxylic acids is 1. The minimum absolute atomic E-state index is 0.0424. The van der Waals surface area contributed by atoms with E-state index in [9.17, 15) is 23.5 Å². The van der Waals surface area contributed by atoms with Gasteiger partial charge in [-0.1, -0.05) is 66.7 Å². The average Bonchev–Trinajstić information content (AvgIpc) is 2.91. The van der Waals surface area contributed by atoms with E-state index in [1.54, 1.807) is 18.2 Å². The molecule has 0 unspecified atom stereocenters. The van der Waals surface area contributed by atoms with Gasteiger partial charge in [-0.05, 0) is 46.5 Å². The Morgan fingerprint density at radius 3 is 1.82 bits per heavy atom. The number of carbonyl (C=O) groups is 2. The summed E-state index contributed by atoms with van der Waals surface area (Å²) in [6.07, 6.45) is -0.407. The van der Waals surface area contributed by atoms with Crippen molar-refractivity contribution in [3.63, 3.8) is 0 Å². The van der Waals surface area contributed by atoms with Crippen LogP contribution in [0.1, 0.15) is 22.3 Å². The minimum atomic E-state index is -1.27. The molecule has 1 amide bonds. The molecule has 0 aliphatic carbocycles. The zero-order chi connectivity index (χ0) is 27.6. The average molecular weight is 532 g/mol. The van der Waals surface area contributed by atoms with Crippen LogP contribution in [0.25, 0.3) is 0 Å². The lowest BCUT2D eigenvalue weighted by atomic mass is 10.0. The molecule has 0 aromatic heterocycles. The van der Waals surface area contributed by atoms with Crippen molar-refractivity contribution in [2.45, 2.75) is 32.1 Å². The molecule has 0 saturated heterocycles. The number of hydrogen-bond acceptors (Lipinski definition) is 4. The Kier molecular flexibility index (Phi) is 9.24. The van der Waals surface area contributed by atoms with Crippen LogP contribution < -0.4 is 14.8 Å². The summed E-state index contributed by atoms with van der Waals surface area (Å²) in [4.78, 5) is 24.4. The maximum atomic E-state index is 13.5. The molecule has 0 fully saturated rings. The molecule has 0 spiro atoms. The maximum absolute atomic E-state index is 13.5. The molecule has 1 atom stereocenters. The van der Waals surface area contributed by atoms with Crippen molar-refractivity contribution in [1.29, 1.82) is 0 Å². The summed E-state index contributed by atoms with van der Waals surface area (Å²) in [6.45, 7) is 0.589. The van der Waals surface area contributed by atoms with Crippen LogP contribution in [0.2, 0.25) is 0 Å². The van der Waals surface area contributed by atoms with E-state index in [0.717, 1.165) is 23.3 Å². The molecule has 0 aliphatic rings. The SMILES string of the molecule is O=C(Cc1cc(F)cc(F)c1)N[C@H](Cc1ccc(OCc2ccccc2)c(OCc2ccccc2)c1)C(=O)O. The van der Waals surface area contributed by atoms with Crippen LogP contribution >= 0.6 is 0 Å². The molecule has 0 aliphatic heterocycles. The highest BCUT2D eigenvalue weighted by Gasteiger charge is 2.22. The van der Waals surface area contributed by atoms with Crippen LogP contribution in [0, 0.1) is 11.6 Å². The van der Waals surface area contributed by atoms with E-state index in [0.29, 0.717) is 29.7 Å². The van der Waals surface area contributed by atoms with Gasteiger partial charge in [-0.3, -0.25) is 4.79 Å². The first-order valence-electron chi connectivity index (χ1n) is 12.3. The van der Waals surface area contributed by atoms with E-state index in [2.05, 4.69) is 5.32 Å². The number of amides is 1. The molecule has 6 nitrogen and oxygen atoms in total. The van der Waals surface area contributed by atoms with E-state index < -0.39 is 29.6 Å². The number of benzene rings is 4. The Morgan fingerprint density at radius 2 is 1.26 bits per heavy atom. The monoisotopic (exact) mass is 531 g/mol. The van der Waals surface area contributed by atoms with Crippen molar-refractivity contribution in [3.8, 4) is 11.5 Å². The molecule has 0 heterocycles. The molecule has 4 aromatic carbocycles. The predicted molar refractivity (Wildman–Crippen MR) is 141 cm³/mol. The summed E-state index contributed by atoms with van der Waals surface area (Å²) < 4.78 is 39.0. The number of ether oxygens (including phenoxy) is 2. The zero-order valence-corrected chi connectivity index (χ0v) is 21.0. The fraction of sp³-hybridized carbons (Fsp3) is 0.161. The summed E-state index contributed by atoms with van der Waals surface area (Å²) in [5.74, 6) is -2.63. The topological polar surface area (TPSA) is 84.9 Å². The quantitative estimate of drug-likeness (QED) is 0.253. The van der Waals surface area contributed by atoms with Gasteiger partial charge in [-0.15, -0.1) is 0 Å². The van der Waals surface area contributed by atoms with E-state index in [-0.39, 0.29) is 25.0 Å². The largest absolute Gasteiger partial charge is 0.485 e. The fourth-order valence-electron chi connectivity index (χ4n) is 3.96. The summed E-state index contributed by atoms with van der Waals surface area (Å²) in [6, 6.07) is 25.8. The summed E-state index contributed by atoms with van der Waals surface area (Å²) in [7, 11) is 0. The number of hydrogen-bond donors (Lipinski definition) is 2. The molecule has 39 heavy (non-hydrogen) atoms. The Labute approximate surface area is 224 Å². The number of carboxylic acids is 1. The van der Waals surface area contributed by atoms with Crippen LogP contribution in [0.15, 0.2) is 97.1 Å². The third kappa shape index (κ3) is 8.39. The third-order valence-electron chi connectivity index (χ3n) is 5.84. The molecule has 0 saturated carbocycles. The normalized spacial score (nSPS) is 11.4. The van der Waals surface area contributed by atoms with Crippen molar-refractivity contribution in [2.24, 2.45) is 0 Å². The molecule has 8 heteroatoms. The van der Waals surface area contributed by atoms with Crippen molar-refractivity contribution in [3.05, 3.63) is 131 Å². The summed E-state index contributed by atoms with van der Waals surface area (Å²) in [5, 5.41) is 12.2. The molecule has 200 valence electrons. The van der Waals surface area contributed by atoms with Gasteiger partial charge in [0.15, 0.2) is 11.5 Å². The number of carbonyl (C=O) groups excluding carboxylic acids is 1. The van der Waals surface area contributed by atoms with Gasteiger partial charge >= 0.3 is 5.97 Å². The summed E-state index contributed by atoms with van der Waals surface area (Å²) in [5.41, 5.74) is 2.61.